The van der Waals surface area contributed by atoms with Crippen molar-refractivity contribution in [1.29, 1.82) is 0 Å². The number of para-hydroxylation sites is 1. The van der Waals surface area contributed by atoms with Crippen LogP contribution in [-0.2, 0) is 14.3 Å². The molecular formula is C21H19F3N2O4. The third-order valence-electron chi connectivity index (χ3n) is 5.08. The van der Waals surface area contributed by atoms with E-state index in [4.69, 9.17) is 9.47 Å². The topological polar surface area (TPSA) is 59.1 Å². The summed E-state index contributed by atoms with van der Waals surface area (Å²) < 4.78 is 52.8. The zero-order valence-electron chi connectivity index (χ0n) is 15.9. The van der Waals surface area contributed by atoms with Gasteiger partial charge in [-0.15, -0.1) is 0 Å². The lowest BCUT2D eigenvalue weighted by Crippen LogP contribution is -2.66. The third kappa shape index (κ3) is 3.90. The van der Waals surface area contributed by atoms with Crippen molar-refractivity contribution < 1.29 is 32.2 Å². The van der Waals surface area contributed by atoms with Crippen molar-refractivity contribution in [3.63, 3.8) is 0 Å². The number of nitrogens with zero attached hydrogens (tertiary/aromatic N) is 2. The second-order valence-electron chi connectivity index (χ2n) is 7.31. The zero-order chi connectivity index (χ0) is 21.4. The van der Waals surface area contributed by atoms with E-state index in [1.165, 1.54) is 17.0 Å². The second-order valence-corrected chi connectivity index (χ2v) is 7.31. The van der Waals surface area contributed by atoms with Crippen LogP contribution < -0.4 is 4.90 Å². The molecule has 0 bridgehead atoms. The summed E-state index contributed by atoms with van der Waals surface area (Å²) in [6, 6.07) is 13.0. The van der Waals surface area contributed by atoms with E-state index in [2.05, 4.69) is 0 Å². The van der Waals surface area contributed by atoms with Crippen LogP contribution in [0.1, 0.15) is 10.4 Å². The molecule has 30 heavy (non-hydrogen) atoms. The molecule has 0 saturated carbocycles. The van der Waals surface area contributed by atoms with Crippen molar-refractivity contribution in [1.82, 2.24) is 4.90 Å². The number of hydrogen-bond acceptors (Lipinski definition) is 4. The minimum absolute atomic E-state index is 0.114. The molecule has 0 aromatic heterocycles. The summed E-state index contributed by atoms with van der Waals surface area (Å²) in [5, 5.41) is 0. The number of rotatable bonds is 2. The summed E-state index contributed by atoms with van der Waals surface area (Å²) in [4.78, 5) is 27.5. The molecule has 158 valence electrons. The van der Waals surface area contributed by atoms with Gasteiger partial charge in [-0.2, -0.15) is 8.78 Å². The van der Waals surface area contributed by atoms with E-state index < -0.39 is 29.3 Å². The smallest absolute Gasteiger partial charge is 0.376 e. The van der Waals surface area contributed by atoms with Crippen LogP contribution in [0.5, 0.6) is 0 Å². The van der Waals surface area contributed by atoms with Gasteiger partial charge in [0.25, 0.3) is 5.91 Å². The number of ether oxygens (including phenoxy) is 2. The highest BCUT2D eigenvalue weighted by Crippen LogP contribution is 2.37. The highest BCUT2D eigenvalue weighted by molar-refractivity contribution is 5.98. The molecule has 4 rings (SSSR count). The summed E-state index contributed by atoms with van der Waals surface area (Å²) in [5.41, 5.74) is -1.11. The van der Waals surface area contributed by atoms with Gasteiger partial charge in [0.05, 0.1) is 26.3 Å². The number of alkyl halides is 2. The molecule has 2 saturated heterocycles. The first-order valence-electron chi connectivity index (χ1n) is 9.37. The average Bonchev–Trinajstić information content (AvgIpc) is 2.93. The van der Waals surface area contributed by atoms with Crippen LogP contribution in [-0.4, -0.2) is 61.3 Å². The predicted molar refractivity (Wildman–Crippen MR) is 101 cm³/mol. The van der Waals surface area contributed by atoms with Crippen LogP contribution in [0.4, 0.5) is 18.9 Å². The Hall–Kier alpha value is -2.91. The van der Waals surface area contributed by atoms with Gasteiger partial charge >= 0.3 is 12.0 Å². The largest absolute Gasteiger partial charge is 0.437 e. The van der Waals surface area contributed by atoms with Gasteiger partial charge in [-0.05, 0) is 36.4 Å². The third-order valence-corrected chi connectivity index (χ3v) is 5.08. The van der Waals surface area contributed by atoms with Crippen molar-refractivity contribution in [3.05, 3.63) is 66.0 Å². The monoisotopic (exact) mass is 420 g/mol. The number of carbonyl (C=O) groups excluding carboxylic acids is 2. The highest BCUT2D eigenvalue weighted by Gasteiger charge is 2.58. The summed E-state index contributed by atoms with van der Waals surface area (Å²) in [6.45, 7) is -0.379. The Kier molecular flexibility index (Phi) is 5.25. The van der Waals surface area contributed by atoms with Crippen LogP contribution in [0, 0.1) is 5.82 Å². The van der Waals surface area contributed by atoms with Crippen molar-refractivity contribution in [2.75, 3.05) is 37.7 Å². The number of hydrogen-bond donors (Lipinski definition) is 0. The molecule has 2 aromatic rings. The van der Waals surface area contributed by atoms with Crippen molar-refractivity contribution in [2.24, 2.45) is 0 Å². The fraction of sp³-hybridized carbons (Fsp3) is 0.333. The zero-order valence-corrected chi connectivity index (χ0v) is 15.9. The van der Waals surface area contributed by atoms with Crippen LogP contribution in [0.25, 0.3) is 0 Å². The molecule has 1 spiro atoms. The predicted octanol–water partition coefficient (Wildman–Crippen LogP) is 2.69. The van der Waals surface area contributed by atoms with E-state index in [0.717, 1.165) is 17.0 Å². The van der Waals surface area contributed by atoms with Crippen LogP contribution in [0.15, 0.2) is 54.6 Å². The molecular weight excluding hydrogens is 401 g/mol. The fourth-order valence-electron chi connectivity index (χ4n) is 3.69. The molecule has 2 heterocycles. The Morgan fingerprint density at radius 3 is 2.40 bits per heavy atom. The molecule has 2 aromatic carbocycles. The molecule has 0 aliphatic carbocycles. The van der Waals surface area contributed by atoms with E-state index in [-0.39, 0.29) is 38.4 Å². The number of amides is 2. The average molecular weight is 420 g/mol. The molecule has 9 heteroatoms. The van der Waals surface area contributed by atoms with Crippen molar-refractivity contribution in [3.8, 4) is 0 Å². The first kappa shape index (κ1) is 20.4. The van der Waals surface area contributed by atoms with Gasteiger partial charge in [-0.3, -0.25) is 14.3 Å². The van der Waals surface area contributed by atoms with E-state index in [1.807, 2.05) is 0 Å². The Morgan fingerprint density at radius 2 is 1.70 bits per heavy atom. The lowest BCUT2D eigenvalue weighted by atomic mass is 10.00. The first-order valence-corrected chi connectivity index (χ1v) is 9.37. The number of benzene rings is 2. The first-order chi connectivity index (χ1) is 14.3. The SMILES string of the molecule is O=C(c1ccc(F)cc1)N1CCOCC2(C1)CN(c1ccccc1)C(=O)C(F)(F)O2. The Balaban J connectivity index is 1.64. The fourth-order valence-corrected chi connectivity index (χ4v) is 3.69. The molecule has 0 N–H and O–H groups in total. The van der Waals surface area contributed by atoms with Crippen LogP contribution >= 0.6 is 0 Å². The summed E-state index contributed by atoms with van der Waals surface area (Å²) in [5.74, 6) is -2.43. The standard InChI is InChI=1S/C21H19F3N2O4/c22-16-8-6-15(7-9-16)18(27)25-10-11-29-14-20(12-25)13-26(17-4-2-1-3-5-17)19(28)21(23,24)30-20/h1-9H,10-14H2. The van der Waals surface area contributed by atoms with Crippen molar-refractivity contribution >= 4 is 17.5 Å². The summed E-state index contributed by atoms with van der Waals surface area (Å²) >= 11 is 0. The summed E-state index contributed by atoms with van der Waals surface area (Å²) in [7, 11) is 0. The molecule has 1 atom stereocenters. The number of halogens is 3. The van der Waals surface area contributed by atoms with Gasteiger partial charge in [-0.1, -0.05) is 18.2 Å². The molecule has 1 unspecified atom stereocenters. The molecule has 2 amide bonds. The van der Waals surface area contributed by atoms with Crippen LogP contribution in [0.3, 0.4) is 0 Å². The molecule has 0 radical (unpaired) electrons. The van der Waals surface area contributed by atoms with Gasteiger partial charge in [0.15, 0.2) is 0 Å². The normalized spacial score (nSPS) is 24.0. The maximum absolute atomic E-state index is 14.6. The molecule has 6 nitrogen and oxygen atoms in total. The lowest BCUT2D eigenvalue weighted by molar-refractivity contribution is -0.293. The molecule has 2 aliphatic rings. The molecule has 2 fully saturated rings. The Morgan fingerprint density at radius 1 is 1.00 bits per heavy atom. The number of anilines is 1. The van der Waals surface area contributed by atoms with Gasteiger partial charge in [0.1, 0.15) is 11.4 Å². The van der Waals surface area contributed by atoms with Gasteiger partial charge in [-0.25, -0.2) is 4.39 Å². The quantitative estimate of drug-likeness (QED) is 0.750. The second kappa shape index (κ2) is 7.73. The van der Waals surface area contributed by atoms with Gasteiger partial charge < -0.3 is 14.5 Å². The number of morpholine rings is 1. The maximum Gasteiger partial charge on any atom is 0.437 e. The number of carbonyl (C=O) groups is 2. The van der Waals surface area contributed by atoms with Gasteiger partial charge in [0.2, 0.25) is 0 Å². The lowest BCUT2D eigenvalue weighted by Gasteiger charge is -2.45. The van der Waals surface area contributed by atoms with Gasteiger partial charge in [0, 0.05) is 17.8 Å². The maximum atomic E-state index is 14.6. The summed E-state index contributed by atoms with van der Waals surface area (Å²) in [6.07, 6.45) is -4.08. The van der Waals surface area contributed by atoms with E-state index in [9.17, 15) is 22.8 Å². The molecule has 2 aliphatic heterocycles. The van der Waals surface area contributed by atoms with E-state index in [0.29, 0.717) is 5.69 Å². The van der Waals surface area contributed by atoms with E-state index in [1.54, 1.807) is 30.3 Å². The Labute approximate surface area is 170 Å². The van der Waals surface area contributed by atoms with Crippen LogP contribution in [0.2, 0.25) is 0 Å². The Bertz CT molecular complexity index is 939. The minimum Gasteiger partial charge on any atom is -0.376 e. The van der Waals surface area contributed by atoms with Crippen molar-refractivity contribution in [2.45, 2.75) is 11.7 Å². The highest BCUT2D eigenvalue weighted by atomic mass is 19.3. The minimum atomic E-state index is -4.08. The van der Waals surface area contributed by atoms with E-state index >= 15 is 0 Å².